The van der Waals surface area contributed by atoms with Crippen molar-refractivity contribution in [2.75, 3.05) is 19.3 Å². The van der Waals surface area contributed by atoms with Crippen molar-refractivity contribution in [3.05, 3.63) is 51.5 Å². The first kappa shape index (κ1) is 15.0. The van der Waals surface area contributed by atoms with Crippen LogP contribution in [0.1, 0.15) is 15.9 Å². The van der Waals surface area contributed by atoms with Crippen molar-refractivity contribution >= 4 is 34.8 Å². The fraction of sp³-hybridized carbons (Fsp3) is 0.188. The van der Waals surface area contributed by atoms with E-state index in [1.807, 2.05) is 6.07 Å². The molecule has 1 aliphatic rings. The predicted octanol–water partition coefficient (Wildman–Crippen LogP) is 4.00. The van der Waals surface area contributed by atoms with Gasteiger partial charge in [-0.15, -0.1) is 0 Å². The van der Waals surface area contributed by atoms with E-state index in [4.69, 9.17) is 33.7 Å². The first-order valence-electron chi connectivity index (χ1n) is 6.76. The van der Waals surface area contributed by atoms with E-state index in [1.54, 1.807) is 36.2 Å². The molecule has 0 aliphatic carbocycles. The third-order valence-electron chi connectivity index (χ3n) is 3.61. The number of hydrogen-bond acceptors (Lipinski definition) is 3. The number of nitrogens with zero attached hydrogens (tertiary/aromatic N) is 1. The predicted molar refractivity (Wildman–Crippen MR) is 88.1 cm³/mol. The summed E-state index contributed by atoms with van der Waals surface area (Å²) in [5, 5.41) is 0.692. The van der Waals surface area contributed by atoms with E-state index >= 15 is 0 Å². The Morgan fingerprint density at radius 2 is 1.86 bits per heavy atom. The molecule has 0 saturated carbocycles. The number of likely N-dealkylation sites (N-methyl/N-ethyl adjacent to an activating group) is 1. The average molecular weight is 337 g/mol. The molecule has 3 rings (SSSR count). The molecular formula is C16H14Cl2N2O2. The van der Waals surface area contributed by atoms with Gasteiger partial charge in [-0.3, -0.25) is 4.79 Å². The Labute approximate surface area is 138 Å². The molecule has 0 unspecified atom stereocenters. The summed E-state index contributed by atoms with van der Waals surface area (Å²) in [4.78, 5) is 13.8. The number of nitrogens with two attached hydrogens (primary N) is 1. The highest BCUT2D eigenvalue weighted by Gasteiger charge is 2.22. The molecule has 1 heterocycles. The Morgan fingerprint density at radius 1 is 1.18 bits per heavy atom. The van der Waals surface area contributed by atoms with Gasteiger partial charge in [-0.05, 0) is 42.3 Å². The zero-order valence-corrected chi connectivity index (χ0v) is 13.4. The zero-order chi connectivity index (χ0) is 15.9. The molecular weight excluding hydrogens is 323 g/mol. The lowest BCUT2D eigenvalue weighted by atomic mass is 9.99. The van der Waals surface area contributed by atoms with Crippen molar-refractivity contribution in [3.8, 4) is 11.5 Å². The lowest BCUT2D eigenvalue weighted by Crippen LogP contribution is -2.34. The van der Waals surface area contributed by atoms with E-state index in [1.165, 1.54) is 0 Å². The number of ether oxygens (including phenoxy) is 1. The number of hydrogen-bond donors (Lipinski definition) is 1. The third kappa shape index (κ3) is 2.72. The molecule has 2 aromatic carbocycles. The molecule has 0 saturated heterocycles. The summed E-state index contributed by atoms with van der Waals surface area (Å²) >= 11 is 12.2. The second kappa shape index (κ2) is 5.71. The molecule has 0 spiro atoms. The summed E-state index contributed by atoms with van der Waals surface area (Å²) in [6, 6.07) is 8.52. The van der Waals surface area contributed by atoms with E-state index in [-0.39, 0.29) is 5.91 Å². The molecule has 0 fully saturated rings. The lowest BCUT2D eigenvalue weighted by Gasteiger charge is -2.25. The number of benzene rings is 2. The van der Waals surface area contributed by atoms with E-state index in [0.717, 1.165) is 12.0 Å². The topological polar surface area (TPSA) is 55.6 Å². The third-order valence-corrected chi connectivity index (χ3v) is 4.17. The molecule has 22 heavy (non-hydrogen) atoms. The van der Waals surface area contributed by atoms with Gasteiger partial charge in [0.25, 0.3) is 5.91 Å². The highest BCUT2D eigenvalue weighted by Crippen LogP contribution is 2.38. The van der Waals surface area contributed by atoms with Crippen molar-refractivity contribution in [1.29, 1.82) is 0 Å². The van der Waals surface area contributed by atoms with Gasteiger partial charge >= 0.3 is 0 Å². The van der Waals surface area contributed by atoms with Gasteiger partial charge in [0.05, 0.1) is 10.0 Å². The van der Waals surface area contributed by atoms with Crippen LogP contribution in [0.3, 0.4) is 0 Å². The van der Waals surface area contributed by atoms with Crippen LogP contribution in [0.25, 0.3) is 0 Å². The van der Waals surface area contributed by atoms with E-state index in [9.17, 15) is 4.79 Å². The Bertz CT molecular complexity index is 739. The van der Waals surface area contributed by atoms with Crippen LogP contribution in [-0.2, 0) is 6.42 Å². The van der Waals surface area contributed by atoms with E-state index in [2.05, 4.69) is 0 Å². The number of carbonyl (C=O) groups excluding carboxylic acids is 1. The van der Waals surface area contributed by atoms with Crippen LogP contribution < -0.4 is 10.5 Å². The highest BCUT2D eigenvalue weighted by molar-refractivity contribution is 6.37. The quantitative estimate of drug-likeness (QED) is 0.843. The summed E-state index contributed by atoms with van der Waals surface area (Å²) in [5.41, 5.74) is 7.81. The van der Waals surface area contributed by atoms with Gasteiger partial charge < -0.3 is 15.4 Å². The maximum atomic E-state index is 12.1. The second-order valence-electron chi connectivity index (χ2n) is 5.21. The second-order valence-corrected chi connectivity index (χ2v) is 6.03. The Hall–Kier alpha value is -1.91. The maximum Gasteiger partial charge on any atom is 0.253 e. The standard InChI is InChI=1S/C16H14Cl2N2O2/c1-20-5-4-9-6-11(2-3-12(9)16(20)21)22-15-13(17)7-10(19)8-14(15)18/h2-3,6-8H,4-5,19H2,1H3. The number of nitrogen functional groups attached to an aromatic ring is 1. The van der Waals surface area contributed by atoms with Crippen LogP contribution >= 0.6 is 23.2 Å². The lowest BCUT2D eigenvalue weighted by molar-refractivity contribution is 0.0781. The molecule has 0 aromatic heterocycles. The molecule has 114 valence electrons. The largest absolute Gasteiger partial charge is 0.454 e. The Balaban J connectivity index is 1.93. The Kier molecular flexibility index (Phi) is 3.89. The minimum Gasteiger partial charge on any atom is -0.454 e. The normalized spacial score (nSPS) is 14.0. The molecule has 1 aliphatic heterocycles. The van der Waals surface area contributed by atoms with Crippen molar-refractivity contribution in [2.24, 2.45) is 0 Å². The van der Waals surface area contributed by atoms with Crippen LogP contribution in [-0.4, -0.2) is 24.4 Å². The van der Waals surface area contributed by atoms with Gasteiger partial charge in [0.2, 0.25) is 0 Å². The monoisotopic (exact) mass is 336 g/mol. The SMILES string of the molecule is CN1CCc2cc(Oc3c(Cl)cc(N)cc3Cl)ccc2C1=O. The van der Waals surface area contributed by atoms with E-state index in [0.29, 0.717) is 39.3 Å². The summed E-state index contributed by atoms with van der Waals surface area (Å²) in [7, 11) is 1.80. The fourth-order valence-corrected chi connectivity index (χ4v) is 3.02. The van der Waals surface area contributed by atoms with Crippen molar-refractivity contribution < 1.29 is 9.53 Å². The number of carbonyl (C=O) groups is 1. The van der Waals surface area contributed by atoms with Crippen LogP contribution in [0.5, 0.6) is 11.5 Å². The first-order valence-corrected chi connectivity index (χ1v) is 7.52. The summed E-state index contributed by atoms with van der Waals surface area (Å²) in [6.45, 7) is 0.693. The molecule has 2 N–H and O–H groups in total. The highest BCUT2D eigenvalue weighted by atomic mass is 35.5. The minimum atomic E-state index is 0.0244. The van der Waals surface area contributed by atoms with Gasteiger partial charge in [0.15, 0.2) is 5.75 Å². The van der Waals surface area contributed by atoms with E-state index < -0.39 is 0 Å². The maximum absolute atomic E-state index is 12.1. The molecule has 0 bridgehead atoms. The average Bonchev–Trinajstić information content (AvgIpc) is 2.47. The first-order chi connectivity index (χ1) is 10.5. The van der Waals surface area contributed by atoms with Crippen molar-refractivity contribution in [1.82, 2.24) is 4.90 Å². The zero-order valence-electron chi connectivity index (χ0n) is 11.9. The minimum absolute atomic E-state index is 0.0244. The number of anilines is 1. The summed E-state index contributed by atoms with van der Waals surface area (Å²) in [5.74, 6) is 0.970. The van der Waals surface area contributed by atoms with Crippen LogP contribution in [0.15, 0.2) is 30.3 Å². The number of rotatable bonds is 2. The van der Waals surface area contributed by atoms with Crippen LogP contribution in [0.4, 0.5) is 5.69 Å². The number of amides is 1. The van der Waals surface area contributed by atoms with Gasteiger partial charge in [-0.25, -0.2) is 0 Å². The molecule has 2 aromatic rings. The molecule has 0 atom stereocenters. The Morgan fingerprint density at radius 3 is 2.55 bits per heavy atom. The summed E-state index contributed by atoms with van der Waals surface area (Å²) in [6.07, 6.45) is 0.790. The molecule has 4 nitrogen and oxygen atoms in total. The molecule has 1 amide bonds. The van der Waals surface area contributed by atoms with Gasteiger partial charge in [-0.1, -0.05) is 23.2 Å². The van der Waals surface area contributed by atoms with Crippen LogP contribution in [0, 0.1) is 0 Å². The smallest absolute Gasteiger partial charge is 0.253 e. The summed E-state index contributed by atoms with van der Waals surface area (Å²) < 4.78 is 5.78. The fourth-order valence-electron chi connectivity index (χ4n) is 2.44. The molecule has 0 radical (unpaired) electrons. The van der Waals surface area contributed by atoms with Gasteiger partial charge in [0.1, 0.15) is 5.75 Å². The molecule has 6 heteroatoms. The van der Waals surface area contributed by atoms with Crippen molar-refractivity contribution in [3.63, 3.8) is 0 Å². The van der Waals surface area contributed by atoms with Crippen molar-refractivity contribution in [2.45, 2.75) is 6.42 Å². The van der Waals surface area contributed by atoms with Gasteiger partial charge in [-0.2, -0.15) is 0 Å². The van der Waals surface area contributed by atoms with Crippen LogP contribution in [0.2, 0.25) is 10.0 Å². The number of fused-ring (bicyclic) bond motifs is 1. The van der Waals surface area contributed by atoms with Gasteiger partial charge in [0, 0.05) is 24.8 Å². The number of halogens is 2.